The zero-order valence-electron chi connectivity index (χ0n) is 17.4. The molecule has 2 aromatic rings. The van der Waals surface area contributed by atoms with Crippen molar-refractivity contribution in [3.63, 3.8) is 0 Å². The van der Waals surface area contributed by atoms with Crippen molar-refractivity contribution in [1.82, 2.24) is 25.1 Å². The number of benzene rings is 1. The number of urea groups is 1. The van der Waals surface area contributed by atoms with Crippen LogP contribution in [0.15, 0.2) is 41.3 Å². The van der Waals surface area contributed by atoms with Crippen LogP contribution in [0.5, 0.6) is 0 Å². The third-order valence-electron chi connectivity index (χ3n) is 5.89. The van der Waals surface area contributed by atoms with E-state index < -0.39 is 11.5 Å². The Morgan fingerprint density at radius 3 is 2.63 bits per heavy atom. The molecule has 1 aromatic carbocycles. The van der Waals surface area contributed by atoms with Crippen LogP contribution in [-0.2, 0) is 18.5 Å². The molecule has 8 heteroatoms. The molecule has 3 amide bonds. The van der Waals surface area contributed by atoms with Gasteiger partial charge in [0, 0.05) is 43.8 Å². The van der Waals surface area contributed by atoms with Crippen molar-refractivity contribution in [1.29, 1.82) is 0 Å². The van der Waals surface area contributed by atoms with E-state index in [1.165, 1.54) is 0 Å². The highest BCUT2D eigenvalue weighted by Gasteiger charge is 2.47. The summed E-state index contributed by atoms with van der Waals surface area (Å²) in [6.45, 7) is 6.07. The second kappa shape index (κ2) is 7.93. The fourth-order valence-corrected chi connectivity index (χ4v) is 4.33. The van der Waals surface area contributed by atoms with E-state index in [1.807, 2.05) is 48.7 Å². The monoisotopic (exact) mass is 409 g/mol. The lowest BCUT2D eigenvalue weighted by Crippen LogP contribution is -2.43. The van der Waals surface area contributed by atoms with E-state index in [2.05, 4.69) is 15.6 Å². The number of nitrogens with zero attached hydrogens (tertiary/aromatic N) is 3. The molecular formula is C22H27N5O3. The Balaban J connectivity index is 1.50. The van der Waals surface area contributed by atoms with Crippen molar-refractivity contribution in [2.45, 2.75) is 51.2 Å². The van der Waals surface area contributed by atoms with Crippen LogP contribution in [0.1, 0.15) is 48.4 Å². The van der Waals surface area contributed by atoms with Gasteiger partial charge in [0.15, 0.2) is 0 Å². The number of aromatic nitrogens is 2. The quantitative estimate of drug-likeness (QED) is 0.802. The van der Waals surface area contributed by atoms with Crippen molar-refractivity contribution in [3.05, 3.63) is 63.8 Å². The minimum Gasteiger partial charge on any atom is -0.348 e. The number of aryl methyl sites for hydroxylation is 1. The molecule has 0 radical (unpaired) electrons. The summed E-state index contributed by atoms with van der Waals surface area (Å²) in [6.07, 6.45) is 3.20. The molecule has 30 heavy (non-hydrogen) atoms. The van der Waals surface area contributed by atoms with Crippen LogP contribution < -0.4 is 16.2 Å². The Bertz CT molecular complexity index is 1020. The highest BCUT2D eigenvalue weighted by Crippen LogP contribution is 2.41. The highest BCUT2D eigenvalue weighted by atomic mass is 16.2. The fourth-order valence-electron chi connectivity index (χ4n) is 4.33. The van der Waals surface area contributed by atoms with Crippen molar-refractivity contribution >= 4 is 11.9 Å². The van der Waals surface area contributed by atoms with E-state index in [-0.39, 0.29) is 23.1 Å². The number of rotatable bonds is 4. The van der Waals surface area contributed by atoms with Gasteiger partial charge < -0.3 is 20.1 Å². The minimum absolute atomic E-state index is 0.0548. The van der Waals surface area contributed by atoms with Crippen LogP contribution in [0, 0.1) is 0 Å². The predicted octanol–water partition coefficient (Wildman–Crippen LogP) is 1.64. The second-order valence-corrected chi connectivity index (χ2v) is 8.45. The zero-order chi connectivity index (χ0) is 21.3. The van der Waals surface area contributed by atoms with Gasteiger partial charge in [-0.3, -0.25) is 9.59 Å². The number of carbonyl (C=O) groups excluding carboxylic acids is 2. The van der Waals surface area contributed by atoms with Crippen LogP contribution in [0.4, 0.5) is 4.79 Å². The predicted molar refractivity (Wildman–Crippen MR) is 112 cm³/mol. The van der Waals surface area contributed by atoms with Gasteiger partial charge >= 0.3 is 6.03 Å². The van der Waals surface area contributed by atoms with Gasteiger partial charge in [-0.05, 0) is 32.3 Å². The average Bonchev–Trinajstić information content (AvgIpc) is 3.31. The van der Waals surface area contributed by atoms with Gasteiger partial charge in [0.05, 0.1) is 0 Å². The summed E-state index contributed by atoms with van der Waals surface area (Å²) in [5.74, 6) is 0.268. The van der Waals surface area contributed by atoms with Gasteiger partial charge in [-0.2, -0.15) is 4.98 Å². The molecule has 4 rings (SSSR count). The van der Waals surface area contributed by atoms with E-state index in [4.69, 9.17) is 0 Å². The molecule has 0 bridgehead atoms. The summed E-state index contributed by atoms with van der Waals surface area (Å²) in [6, 6.07) is 9.53. The molecule has 8 nitrogen and oxygen atoms in total. The molecule has 1 aromatic heterocycles. The summed E-state index contributed by atoms with van der Waals surface area (Å²) >= 11 is 0. The Morgan fingerprint density at radius 2 is 1.90 bits per heavy atom. The molecule has 158 valence electrons. The first-order valence-electron chi connectivity index (χ1n) is 10.4. The molecule has 2 N–H and O–H groups in total. The Hall–Kier alpha value is -3.16. The lowest BCUT2D eigenvalue weighted by Gasteiger charge is -2.24. The number of likely N-dealkylation sites (tertiary alicyclic amines) is 1. The molecule has 0 aliphatic carbocycles. The summed E-state index contributed by atoms with van der Waals surface area (Å²) in [5.41, 5.74) is 0.189. The van der Waals surface area contributed by atoms with Crippen LogP contribution in [-0.4, -0.2) is 45.5 Å². The maximum Gasteiger partial charge on any atom is 0.317 e. The van der Waals surface area contributed by atoms with Crippen molar-refractivity contribution in [3.8, 4) is 0 Å². The zero-order valence-corrected chi connectivity index (χ0v) is 17.4. The standard InChI is InChI=1S/C22H27N5O3/c1-15(2)24-21(30)27-11-9-22(14-27)8-10-26-13-17(19(29)25-20(22)26)18(28)23-12-16-6-4-3-5-7-16/h3-7,13,15H,8-12,14H2,1-2H3,(H,23,28)(H,24,30)/t22-/m1/s1. The highest BCUT2D eigenvalue weighted by molar-refractivity contribution is 5.93. The van der Waals surface area contributed by atoms with Gasteiger partial charge in [-0.25, -0.2) is 4.79 Å². The number of amides is 3. The van der Waals surface area contributed by atoms with Gasteiger partial charge in [0.25, 0.3) is 11.5 Å². The van der Waals surface area contributed by atoms with Crippen molar-refractivity contribution < 1.29 is 9.59 Å². The fraction of sp³-hybridized carbons (Fsp3) is 0.455. The lowest BCUT2D eigenvalue weighted by molar-refractivity contribution is 0.0948. The van der Waals surface area contributed by atoms with Crippen LogP contribution in [0.3, 0.4) is 0 Å². The molecule has 1 spiro atoms. The summed E-state index contributed by atoms with van der Waals surface area (Å²) in [5, 5.41) is 5.72. The number of carbonyl (C=O) groups is 2. The SMILES string of the molecule is CC(C)NC(=O)N1CC[C@]2(CCn3cc(C(=O)NCc4ccccc4)c(=O)nc32)C1. The molecule has 0 unspecified atom stereocenters. The van der Waals surface area contributed by atoms with Crippen LogP contribution in [0.2, 0.25) is 0 Å². The summed E-state index contributed by atoms with van der Waals surface area (Å²) in [7, 11) is 0. The molecule has 1 atom stereocenters. The first-order chi connectivity index (χ1) is 14.4. The van der Waals surface area contributed by atoms with Crippen molar-refractivity contribution in [2.24, 2.45) is 0 Å². The van der Waals surface area contributed by atoms with Gasteiger partial charge in [-0.1, -0.05) is 30.3 Å². The van der Waals surface area contributed by atoms with E-state index in [1.54, 1.807) is 11.1 Å². The smallest absolute Gasteiger partial charge is 0.317 e. The van der Waals surface area contributed by atoms with E-state index in [9.17, 15) is 14.4 Å². The molecule has 2 aliphatic heterocycles. The number of fused-ring (bicyclic) bond motifs is 2. The largest absolute Gasteiger partial charge is 0.348 e. The molecule has 2 aliphatic rings. The number of nitrogens with one attached hydrogen (secondary N) is 2. The van der Waals surface area contributed by atoms with Gasteiger partial charge in [0.2, 0.25) is 0 Å². The molecular weight excluding hydrogens is 382 g/mol. The van der Waals surface area contributed by atoms with E-state index in [0.29, 0.717) is 32.0 Å². The van der Waals surface area contributed by atoms with Crippen LogP contribution in [0.25, 0.3) is 0 Å². The third kappa shape index (κ3) is 3.81. The van der Waals surface area contributed by atoms with Gasteiger partial charge in [0.1, 0.15) is 11.4 Å². The third-order valence-corrected chi connectivity index (χ3v) is 5.89. The van der Waals surface area contributed by atoms with Crippen molar-refractivity contribution in [2.75, 3.05) is 13.1 Å². The number of hydrogen-bond acceptors (Lipinski definition) is 4. The average molecular weight is 409 g/mol. The maximum atomic E-state index is 12.7. The lowest BCUT2D eigenvalue weighted by atomic mass is 9.85. The van der Waals surface area contributed by atoms with E-state index >= 15 is 0 Å². The normalized spacial score (nSPS) is 19.9. The molecule has 1 saturated heterocycles. The topological polar surface area (TPSA) is 96.3 Å². The first kappa shape index (κ1) is 20.1. The Kier molecular flexibility index (Phi) is 5.32. The Morgan fingerprint density at radius 1 is 1.17 bits per heavy atom. The Labute approximate surface area is 175 Å². The molecule has 0 saturated carbocycles. The number of hydrogen-bond donors (Lipinski definition) is 2. The summed E-state index contributed by atoms with van der Waals surface area (Å²) < 4.78 is 1.91. The molecule has 1 fully saturated rings. The maximum absolute atomic E-state index is 12.7. The minimum atomic E-state index is -0.516. The second-order valence-electron chi connectivity index (χ2n) is 8.45. The van der Waals surface area contributed by atoms with Crippen LogP contribution >= 0.6 is 0 Å². The summed E-state index contributed by atoms with van der Waals surface area (Å²) in [4.78, 5) is 43.7. The molecule has 3 heterocycles. The first-order valence-corrected chi connectivity index (χ1v) is 10.4. The van der Waals surface area contributed by atoms with E-state index in [0.717, 1.165) is 18.4 Å². The van der Waals surface area contributed by atoms with Gasteiger partial charge in [-0.15, -0.1) is 0 Å².